The van der Waals surface area contributed by atoms with E-state index in [4.69, 9.17) is 0 Å². The Kier molecular flexibility index (Phi) is 4.97. The summed E-state index contributed by atoms with van der Waals surface area (Å²) in [7, 11) is -2.01. The molecule has 2 N–H and O–H groups in total. The molecular weight excluding hydrogens is 306 g/mol. The molecule has 2 aromatic heterocycles. The lowest BCUT2D eigenvalue weighted by Crippen LogP contribution is -2.32. The number of hydrogen-bond acceptors (Lipinski definition) is 5. The van der Waals surface area contributed by atoms with Crippen molar-refractivity contribution in [2.75, 3.05) is 12.4 Å². The van der Waals surface area contributed by atoms with Crippen LogP contribution in [0.5, 0.6) is 0 Å². The van der Waals surface area contributed by atoms with Crippen LogP contribution in [-0.4, -0.2) is 20.4 Å². The second kappa shape index (κ2) is 6.55. The molecule has 0 aromatic carbocycles. The van der Waals surface area contributed by atoms with E-state index in [1.165, 1.54) is 6.20 Å². The van der Waals surface area contributed by atoms with Crippen LogP contribution in [0.3, 0.4) is 0 Å². The van der Waals surface area contributed by atoms with Gasteiger partial charge < -0.3 is 5.32 Å². The fraction of sp³-hybridized carbons (Fsp3) is 0.357. The van der Waals surface area contributed by atoms with Crippen LogP contribution in [0.4, 0.5) is 5.69 Å². The largest absolute Gasteiger partial charge is 0.386 e. The van der Waals surface area contributed by atoms with E-state index in [-0.39, 0.29) is 17.0 Å². The molecular formula is C14H19N3O2S2. The summed E-state index contributed by atoms with van der Waals surface area (Å²) in [6, 6.07) is 6.99. The lowest BCUT2D eigenvalue weighted by Gasteiger charge is -2.21. The molecule has 0 saturated heterocycles. The van der Waals surface area contributed by atoms with Gasteiger partial charge in [0.2, 0.25) is 0 Å². The summed E-state index contributed by atoms with van der Waals surface area (Å²) in [6.07, 6.45) is 1.48. The van der Waals surface area contributed by atoms with Crippen LogP contribution in [0.1, 0.15) is 24.8 Å². The molecule has 0 fully saturated rings. The Morgan fingerprint density at radius 3 is 2.57 bits per heavy atom. The molecule has 0 saturated carbocycles. The minimum Gasteiger partial charge on any atom is -0.386 e. The molecule has 0 aliphatic carbocycles. The van der Waals surface area contributed by atoms with Gasteiger partial charge in [-0.25, -0.2) is 18.1 Å². The van der Waals surface area contributed by atoms with Gasteiger partial charge in [-0.2, -0.15) is 0 Å². The van der Waals surface area contributed by atoms with E-state index in [2.05, 4.69) is 15.0 Å². The van der Waals surface area contributed by atoms with E-state index < -0.39 is 10.0 Å². The minimum atomic E-state index is -3.69. The second-order valence-electron chi connectivity index (χ2n) is 4.96. The first-order valence-electron chi connectivity index (χ1n) is 6.64. The third-order valence-corrected chi connectivity index (χ3v) is 5.45. The zero-order valence-electron chi connectivity index (χ0n) is 12.2. The number of rotatable bonds is 6. The Morgan fingerprint density at radius 2 is 2.00 bits per heavy atom. The van der Waals surface area contributed by atoms with Crippen LogP contribution >= 0.6 is 11.3 Å². The smallest absolute Gasteiger partial charge is 0.260 e. The third-order valence-electron chi connectivity index (χ3n) is 3.09. The van der Waals surface area contributed by atoms with E-state index in [0.29, 0.717) is 5.69 Å². The number of sulfonamides is 1. The van der Waals surface area contributed by atoms with Crippen LogP contribution in [0, 0.1) is 5.92 Å². The summed E-state index contributed by atoms with van der Waals surface area (Å²) in [4.78, 5) is 5.00. The van der Waals surface area contributed by atoms with Crippen LogP contribution in [0.2, 0.25) is 0 Å². The maximum atomic E-state index is 12.6. The summed E-state index contributed by atoms with van der Waals surface area (Å²) >= 11 is 1.54. The van der Waals surface area contributed by atoms with Gasteiger partial charge in [-0.3, -0.25) is 0 Å². The first kappa shape index (κ1) is 15.9. The first-order chi connectivity index (χ1) is 9.95. The van der Waals surface area contributed by atoms with Crippen molar-refractivity contribution >= 4 is 27.0 Å². The summed E-state index contributed by atoms with van der Waals surface area (Å²) in [5.74, 6) is 0.139. The topological polar surface area (TPSA) is 71.1 Å². The van der Waals surface area contributed by atoms with Crippen LogP contribution in [0.15, 0.2) is 40.9 Å². The highest BCUT2D eigenvalue weighted by atomic mass is 32.2. The fourth-order valence-corrected chi connectivity index (χ4v) is 4.54. The SMILES string of the molecule is CNc1cccnc1S(=O)(=O)NC(c1cccs1)C(C)C. The second-order valence-corrected chi connectivity index (χ2v) is 7.57. The summed E-state index contributed by atoms with van der Waals surface area (Å²) in [6.45, 7) is 3.98. The average molecular weight is 325 g/mol. The van der Waals surface area contributed by atoms with Gasteiger partial charge in [0.25, 0.3) is 10.0 Å². The van der Waals surface area contributed by atoms with Gasteiger partial charge in [-0.1, -0.05) is 19.9 Å². The predicted molar refractivity (Wildman–Crippen MR) is 86.0 cm³/mol. The van der Waals surface area contributed by atoms with E-state index in [9.17, 15) is 8.42 Å². The molecule has 2 rings (SSSR count). The lowest BCUT2D eigenvalue weighted by molar-refractivity contribution is 0.468. The molecule has 0 aliphatic rings. The van der Waals surface area contributed by atoms with Gasteiger partial charge in [0.1, 0.15) is 0 Å². The van der Waals surface area contributed by atoms with Gasteiger partial charge in [0.05, 0.1) is 11.7 Å². The maximum Gasteiger partial charge on any atom is 0.260 e. The van der Waals surface area contributed by atoms with Crippen LogP contribution < -0.4 is 10.0 Å². The Balaban J connectivity index is 2.35. The van der Waals surface area contributed by atoms with Crippen LogP contribution in [-0.2, 0) is 10.0 Å². The molecule has 21 heavy (non-hydrogen) atoms. The van der Waals surface area contributed by atoms with Gasteiger partial charge in [0.15, 0.2) is 5.03 Å². The molecule has 7 heteroatoms. The van der Waals surface area contributed by atoms with Gasteiger partial charge in [0, 0.05) is 18.1 Å². The molecule has 0 amide bonds. The quantitative estimate of drug-likeness (QED) is 0.857. The summed E-state index contributed by atoms with van der Waals surface area (Å²) < 4.78 is 28.0. The number of aromatic nitrogens is 1. The van der Waals surface area contributed by atoms with E-state index in [1.54, 1.807) is 30.5 Å². The number of thiophene rings is 1. The number of anilines is 1. The lowest BCUT2D eigenvalue weighted by atomic mass is 10.0. The van der Waals surface area contributed by atoms with E-state index in [1.807, 2.05) is 31.4 Å². The third kappa shape index (κ3) is 3.61. The Hall–Kier alpha value is -1.44. The standard InChI is InChI=1S/C14H19N3O2S2/c1-10(2)13(12-7-5-9-20-12)17-21(18,19)14-11(15-3)6-4-8-16-14/h4-10,13,15,17H,1-3H3. The Morgan fingerprint density at radius 1 is 1.24 bits per heavy atom. The van der Waals surface area contributed by atoms with Crippen molar-refractivity contribution < 1.29 is 8.42 Å². The van der Waals surface area contributed by atoms with Crippen LogP contribution in [0.25, 0.3) is 0 Å². The monoisotopic (exact) mass is 325 g/mol. The molecule has 0 spiro atoms. The van der Waals surface area contributed by atoms with Gasteiger partial charge >= 0.3 is 0 Å². The normalized spacial score (nSPS) is 13.3. The highest BCUT2D eigenvalue weighted by molar-refractivity contribution is 7.89. The van der Waals surface area contributed by atoms with Crippen molar-refractivity contribution in [1.82, 2.24) is 9.71 Å². The van der Waals surface area contributed by atoms with Gasteiger partial charge in [-0.05, 0) is 29.5 Å². The zero-order chi connectivity index (χ0) is 15.5. The molecule has 2 aromatic rings. The average Bonchev–Trinajstić information content (AvgIpc) is 2.98. The predicted octanol–water partition coefficient (Wildman–Crippen LogP) is 2.86. The van der Waals surface area contributed by atoms with Crippen molar-refractivity contribution in [3.63, 3.8) is 0 Å². The Bertz CT molecular complexity index is 682. The minimum absolute atomic E-state index is 0.0229. The van der Waals surface area contributed by atoms with Crippen molar-refractivity contribution in [1.29, 1.82) is 0 Å². The molecule has 1 unspecified atom stereocenters. The van der Waals surface area contributed by atoms with Gasteiger partial charge in [-0.15, -0.1) is 11.3 Å². The van der Waals surface area contributed by atoms with E-state index >= 15 is 0 Å². The molecule has 0 aliphatic heterocycles. The maximum absolute atomic E-state index is 12.6. The molecule has 1 atom stereocenters. The summed E-state index contributed by atoms with van der Waals surface area (Å²) in [5, 5.41) is 4.83. The molecule has 114 valence electrons. The number of hydrogen-bond donors (Lipinski definition) is 2. The van der Waals surface area contributed by atoms with Crippen molar-refractivity contribution in [3.05, 3.63) is 40.7 Å². The van der Waals surface area contributed by atoms with Crippen molar-refractivity contribution in [2.24, 2.45) is 5.92 Å². The first-order valence-corrected chi connectivity index (χ1v) is 9.00. The van der Waals surface area contributed by atoms with E-state index in [0.717, 1.165) is 4.88 Å². The molecule has 2 heterocycles. The van der Waals surface area contributed by atoms with Crippen molar-refractivity contribution in [2.45, 2.75) is 24.9 Å². The number of nitrogens with one attached hydrogen (secondary N) is 2. The fourth-order valence-electron chi connectivity index (χ4n) is 2.01. The highest BCUT2D eigenvalue weighted by Crippen LogP contribution is 2.28. The zero-order valence-corrected chi connectivity index (χ0v) is 13.8. The molecule has 0 radical (unpaired) electrons. The number of nitrogens with zero attached hydrogens (tertiary/aromatic N) is 1. The van der Waals surface area contributed by atoms with Crippen molar-refractivity contribution in [3.8, 4) is 0 Å². The number of pyridine rings is 1. The molecule has 0 bridgehead atoms. The highest BCUT2D eigenvalue weighted by Gasteiger charge is 2.27. The molecule has 5 nitrogen and oxygen atoms in total. The summed E-state index contributed by atoms with van der Waals surface area (Å²) in [5.41, 5.74) is 0.485. The Labute approximate surface area is 129 Å².